The molecule has 0 bridgehead atoms. The van der Waals surface area contributed by atoms with Crippen LogP contribution in [0.25, 0.3) is 0 Å². The van der Waals surface area contributed by atoms with Crippen LogP contribution in [0.15, 0.2) is 0 Å². The Bertz CT molecular complexity index is 383. The van der Waals surface area contributed by atoms with Crippen molar-refractivity contribution in [2.24, 2.45) is 0 Å². The minimum absolute atomic E-state index is 0.197. The Kier molecular flexibility index (Phi) is 5.35. The molecule has 0 amide bonds. The van der Waals surface area contributed by atoms with Gasteiger partial charge in [0.05, 0.1) is 24.4 Å². The number of carbonyl (C=O) groups excluding carboxylic acids is 1. The first-order chi connectivity index (χ1) is 8.19. The van der Waals surface area contributed by atoms with Gasteiger partial charge in [0, 0.05) is 19.2 Å². The zero-order valence-electron chi connectivity index (χ0n) is 11.2. The van der Waals surface area contributed by atoms with Gasteiger partial charge in [-0.3, -0.25) is 9.48 Å². The van der Waals surface area contributed by atoms with E-state index < -0.39 is 0 Å². The fourth-order valence-electron chi connectivity index (χ4n) is 2.02. The second-order valence-electron chi connectivity index (χ2n) is 3.97. The molecule has 1 heterocycles. The maximum atomic E-state index is 12.0. The van der Waals surface area contributed by atoms with E-state index in [9.17, 15) is 4.79 Å². The van der Waals surface area contributed by atoms with Crippen LogP contribution in [0.1, 0.15) is 48.9 Å². The van der Waals surface area contributed by atoms with Gasteiger partial charge < -0.3 is 4.74 Å². The van der Waals surface area contributed by atoms with Crippen LogP contribution in [0.2, 0.25) is 0 Å². The summed E-state index contributed by atoms with van der Waals surface area (Å²) in [5.41, 5.74) is 2.81. The Morgan fingerprint density at radius 2 is 2.00 bits per heavy atom. The first kappa shape index (κ1) is 13.9. The first-order valence-electron chi connectivity index (χ1n) is 6.30. The third-order valence-electron chi connectivity index (χ3n) is 2.91. The fourth-order valence-corrected chi connectivity index (χ4v) is 2.02. The molecule has 4 heteroatoms. The molecule has 0 aliphatic heterocycles. The molecule has 0 unspecified atom stereocenters. The molecule has 1 aromatic rings. The lowest BCUT2D eigenvalue weighted by Crippen LogP contribution is -2.10. The van der Waals surface area contributed by atoms with Crippen molar-refractivity contribution in [2.75, 3.05) is 13.7 Å². The van der Waals surface area contributed by atoms with E-state index >= 15 is 0 Å². The van der Waals surface area contributed by atoms with Crippen molar-refractivity contribution in [1.29, 1.82) is 0 Å². The normalized spacial score (nSPS) is 10.8. The summed E-state index contributed by atoms with van der Waals surface area (Å²) in [6.45, 7) is 7.33. The fraction of sp³-hybridized carbons (Fsp3) is 0.692. The predicted molar refractivity (Wildman–Crippen MR) is 67.5 cm³/mol. The van der Waals surface area contributed by atoms with Crippen LogP contribution < -0.4 is 0 Å². The number of hydrogen-bond donors (Lipinski definition) is 0. The number of carbonyl (C=O) groups is 1. The average Bonchev–Trinajstić information content (AvgIpc) is 2.72. The monoisotopic (exact) mass is 238 g/mol. The molecule has 0 fully saturated rings. The molecule has 1 rings (SSSR count). The quantitative estimate of drug-likeness (QED) is 0.684. The SMILES string of the molecule is CCC(=O)c1c(CC)nn(CCOC)c1CC. The van der Waals surface area contributed by atoms with Crippen molar-refractivity contribution in [3.05, 3.63) is 17.0 Å². The van der Waals surface area contributed by atoms with Gasteiger partial charge in [-0.05, 0) is 12.8 Å². The van der Waals surface area contributed by atoms with Crippen LogP contribution in [-0.2, 0) is 24.1 Å². The van der Waals surface area contributed by atoms with Crippen LogP contribution >= 0.6 is 0 Å². The van der Waals surface area contributed by atoms with Crippen LogP contribution in [-0.4, -0.2) is 29.3 Å². The van der Waals surface area contributed by atoms with Gasteiger partial charge in [0.1, 0.15) is 0 Å². The summed E-state index contributed by atoms with van der Waals surface area (Å²) in [5, 5.41) is 4.52. The minimum atomic E-state index is 0.197. The molecule has 0 saturated carbocycles. The van der Waals surface area contributed by atoms with Gasteiger partial charge in [-0.25, -0.2) is 0 Å². The summed E-state index contributed by atoms with van der Waals surface area (Å²) in [6.07, 6.45) is 2.17. The zero-order valence-corrected chi connectivity index (χ0v) is 11.2. The van der Waals surface area contributed by atoms with E-state index in [2.05, 4.69) is 12.0 Å². The van der Waals surface area contributed by atoms with Crippen molar-refractivity contribution in [2.45, 2.75) is 46.6 Å². The number of hydrogen-bond acceptors (Lipinski definition) is 3. The molecule has 0 atom stereocenters. The number of rotatable bonds is 7. The molecule has 1 aromatic heterocycles. The molecule has 0 radical (unpaired) electrons. The predicted octanol–water partition coefficient (Wildman–Crippen LogP) is 2.25. The number of ether oxygens (including phenoxy) is 1. The molecule has 0 saturated heterocycles. The Labute approximate surface area is 103 Å². The first-order valence-corrected chi connectivity index (χ1v) is 6.30. The molecule has 0 aliphatic carbocycles. The van der Waals surface area contributed by atoms with Crippen molar-refractivity contribution in [3.63, 3.8) is 0 Å². The summed E-state index contributed by atoms with van der Waals surface area (Å²) in [6, 6.07) is 0. The van der Waals surface area contributed by atoms with E-state index in [4.69, 9.17) is 4.74 Å². The Morgan fingerprint density at radius 3 is 2.47 bits per heavy atom. The van der Waals surface area contributed by atoms with Crippen molar-refractivity contribution < 1.29 is 9.53 Å². The van der Waals surface area contributed by atoms with E-state index in [0.29, 0.717) is 19.6 Å². The van der Waals surface area contributed by atoms with Gasteiger partial charge in [0.25, 0.3) is 0 Å². The summed E-state index contributed by atoms with van der Waals surface area (Å²) in [7, 11) is 1.67. The smallest absolute Gasteiger partial charge is 0.166 e. The van der Waals surface area contributed by atoms with Crippen LogP contribution in [0.5, 0.6) is 0 Å². The maximum absolute atomic E-state index is 12.0. The molecule has 0 spiro atoms. The van der Waals surface area contributed by atoms with Gasteiger partial charge in [-0.1, -0.05) is 20.8 Å². The lowest BCUT2D eigenvalue weighted by molar-refractivity contribution is 0.0986. The standard InChI is InChI=1S/C13H22N2O2/c1-5-10-13(12(16)7-3)11(6-2)15(14-10)8-9-17-4/h5-9H2,1-4H3. The van der Waals surface area contributed by atoms with Gasteiger partial charge in [0.15, 0.2) is 5.78 Å². The highest BCUT2D eigenvalue weighted by Gasteiger charge is 2.19. The summed E-state index contributed by atoms with van der Waals surface area (Å²) in [5.74, 6) is 0.197. The molecule has 4 nitrogen and oxygen atoms in total. The van der Waals surface area contributed by atoms with Crippen LogP contribution in [0, 0.1) is 0 Å². The molecule has 96 valence electrons. The van der Waals surface area contributed by atoms with Gasteiger partial charge >= 0.3 is 0 Å². The molecule has 0 aliphatic rings. The van der Waals surface area contributed by atoms with Gasteiger partial charge in [-0.2, -0.15) is 5.10 Å². The zero-order chi connectivity index (χ0) is 12.8. The highest BCUT2D eigenvalue weighted by molar-refractivity contribution is 5.98. The lowest BCUT2D eigenvalue weighted by atomic mass is 10.0. The second kappa shape index (κ2) is 6.55. The maximum Gasteiger partial charge on any atom is 0.166 e. The second-order valence-corrected chi connectivity index (χ2v) is 3.97. The Morgan fingerprint density at radius 1 is 1.29 bits per heavy atom. The summed E-state index contributed by atoms with van der Waals surface area (Å²) < 4.78 is 6.99. The molecule has 0 N–H and O–H groups in total. The molecular formula is C13H22N2O2. The highest BCUT2D eigenvalue weighted by atomic mass is 16.5. The number of ketones is 1. The number of aromatic nitrogens is 2. The van der Waals surface area contributed by atoms with Crippen LogP contribution in [0.3, 0.4) is 0 Å². The number of aryl methyl sites for hydroxylation is 1. The van der Waals surface area contributed by atoms with Crippen molar-refractivity contribution in [1.82, 2.24) is 9.78 Å². The van der Waals surface area contributed by atoms with E-state index in [-0.39, 0.29) is 5.78 Å². The number of methoxy groups -OCH3 is 1. The highest BCUT2D eigenvalue weighted by Crippen LogP contribution is 2.18. The van der Waals surface area contributed by atoms with Gasteiger partial charge in [-0.15, -0.1) is 0 Å². The van der Waals surface area contributed by atoms with Gasteiger partial charge in [0.2, 0.25) is 0 Å². The molecule has 0 aromatic carbocycles. The van der Waals surface area contributed by atoms with E-state index in [1.807, 2.05) is 18.5 Å². The minimum Gasteiger partial charge on any atom is -0.383 e. The van der Waals surface area contributed by atoms with Crippen molar-refractivity contribution in [3.8, 4) is 0 Å². The number of nitrogens with zero attached hydrogens (tertiary/aromatic N) is 2. The third kappa shape index (κ3) is 2.94. The lowest BCUT2D eigenvalue weighted by Gasteiger charge is -2.06. The number of Topliss-reactive ketones (excluding diaryl/α,β-unsaturated/α-hetero) is 1. The topological polar surface area (TPSA) is 44.1 Å². The average molecular weight is 238 g/mol. The van der Waals surface area contributed by atoms with E-state index in [1.54, 1.807) is 7.11 Å². The van der Waals surface area contributed by atoms with E-state index in [0.717, 1.165) is 29.8 Å². The molecular weight excluding hydrogens is 216 g/mol. The van der Waals surface area contributed by atoms with Crippen LogP contribution in [0.4, 0.5) is 0 Å². The largest absolute Gasteiger partial charge is 0.383 e. The Hall–Kier alpha value is -1.16. The summed E-state index contributed by atoms with van der Waals surface area (Å²) in [4.78, 5) is 12.0. The van der Waals surface area contributed by atoms with E-state index in [1.165, 1.54) is 0 Å². The summed E-state index contributed by atoms with van der Waals surface area (Å²) >= 11 is 0. The Balaban J connectivity index is 3.15. The van der Waals surface area contributed by atoms with Crippen molar-refractivity contribution >= 4 is 5.78 Å². The molecule has 17 heavy (non-hydrogen) atoms. The third-order valence-corrected chi connectivity index (χ3v) is 2.91.